The Labute approximate surface area is 151 Å². The van der Waals surface area contributed by atoms with E-state index in [1.54, 1.807) is 0 Å². The molecule has 0 bridgehead atoms. The number of likely N-dealkylation sites (N-methyl/N-ethyl adjacent to an activating group) is 1. The maximum absolute atomic E-state index is 12.9. The number of nitrogens with zero attached hydrogens (tertiary/aromatic N) is 1. The number of halogens is 1. The van der Waals surface area contributed by atoms with Crippen molar-refractivity contribution in [1.82, 2.24) is 10.2 Å². The Hall–Kier alpha value is -1.40. The van der Waals surface area contributed by atoms with Gasteiger partial charge in [-0.15, -0.1) is 0 Å². The minimum Gasteiger partial charge on any atom is -0.340 e. The zero-order chi connectivity index (χ0) is 17.5. The molecule has 1 aromatic carbocycles. The van der Waals surface area contributed by atoms with Gasteiger partial charge >= 0.3 is 0 Å². The van der Waals surface area contributed by atoms with Crippen molar-refractivity contribution in [2.24, 2.45) is 5.92 Å². The van der Waals surface area contributed by atoms with Crippen LogP contribution in [-0.2, 0) is 15.0 Å². The highest BCUT2D eigenvalue weighted by Crippen LogP contribution is 2.45. The normalized spacial score (nSPS) is 23.7. The highest BCUT2D eigenvalue weighted by atomic mass is 79.9. The van der Waals surface area contributed by atoms with Crippen LogP contribution in [-0.4, -0.2) is 42.9 Å². The molecule has 2 amide bonds. The predicted octanol–water partition coefficient (Wildman–Crippen LogP) is 2.51. The first-order valence-electron chi connectivity index (χ1n) is 8.45. The Bertz CT molecular complexity index is 676. The summed E-state index contributed by atoms with van der Waals surface area (Å²) in [6.07, 6.45) is 1.47. The molecular weight excluding hydrogens is 370 g/mol. The van der Waals surface area contributed by atoms with Crippen LogP contribution < -0.4 is 10.6 Å². The summed E-state index contributed by atoms with van der Waals surface area (Å²) in [4.78, 5) is 27.4. The fourth-order valence-corrected chi connectivity index (χ4v) is 4.18. The molecule has 1 fully saturated rings. The first-order valence-corrected chi connectivity index (χ1v) is 9.24. The fraction of sp³-hybridized carbons (Fsp3) is 0.556. The highest BCUT2D eigenvalue weighted by molar-refractivity contribution is 9.10. The number of carbonyl (C=O) groups excluding carboxylic acids is 2. The molecule has 5 nitrogen and oxygen atoms in total. The smallest absolute Gasteiger partial charge is 0.239 e. The average Bonchev–Trinajstić information content (AvgIpc) is 3.09. The molecule has 2 heterocycles. The van der Waals surface area contributed by atoms with E-state index in [0.29, 0.717) is 25.4 Å². The summed E-state index contributed by atoms with van der Waals surface area (Å²) in [6, 6.07) is 5.67. The maximum atomic E-state index is 12.9. The third-order valence-electron chi connectivity index (χ3n) is 5.11. The third kappa shape index (κ3) is 2.86. The van der Waals surface area contributed by atoms with Crippen LogP contribution >= 0.6 is 15.9 Å². The maximum Gasteiger partial charge on any atom is 0.239 e. The number of hydrogen-bond donors (Lipinski definition) is 2. The van der Waals surface area contributed by atoms with Crippen LogP contribution in [0.4, 0.5) is 5.69 Å². The summed E-state index contributed by atoms with van der Waals surface area (Å²) in [5, 5.41) is 6.11. The number of hydrogen-bond acceptors (Lipinski definition) is 3. The van der Waals surface area contributed by atoms with Crippen molar-refractivity contribution in [2.75, 3.05) is 25.5 Å². The van der Waals surface area contributed by atoms with Crippen LogP contribution in [0.5, 0.6) is 0 Å². The summed E-state index contributed by atoms with van der Waals surface area (Å²) in [7, 11) is 1.82. The number of amides is 2. The van der Waals surface area contributed by atoms with E-state index in [0.717, 1.165) is 22.1 Å². The van der Waals surface area contributed by atoms with Crippen LogP contribution in [0.25, 0.3) is 0 Å². The van der Waals surface area contributed by atoms with Gasteiger partial charge in [0.05, 0.1) is 11.5 Å². The lowest BCUT2D eigenvalue weighted by Gasteiger charge is -2.26. The zero-order valence-corrected chi connectivity index (χ0v) is 15.9. The van der Waals surface area contributed by atoms with Gasteiger partial charge in [0.15, 0.2) is 0 Å². The van der Waals surface area contributed by atoms with Crippen LogP contribution in [0.1, 0.15) is 32.3 Å². The zero-order valence-electron chi connectivity index (χ0n) is 14.4. The van der Waals surface area contributed by atoms with Crippen molar-refractivity contribution in [1.29, 1.82) is 0 Å². The summed E-state index contributed by atoms with van der Waals surface area (Å²) in [6.45, 7) is 5.30. The first-order chi connectivity index (χ1) is 11.4. The lowest BCUT2D eigenvalue weighted by atomic mass is 9.81. The Morgan fingerprint density at radius 1 is 1.46 bits per heavy atom. The Morgan fingerprint density at radius 2 is 2.21 bits per heavy atom. The fourth-order valence-electron chi connectivity index (χ4n) is 3.82. The van der Waals surface area contributed by atoms with E-state index in [1.807, 2.05) is 30.1 Å². The van der Waals surface area contributed by atoms with E-state index in [1.165, 1.54) is 0 Å². The van der Waals surface area contributed by atoms with Crippen LogP contribution in [0.3, 0.4) is 0 Å². The number of likely N-dealkylation sites (tertiary alicyclic amines) is 1. The summed E-state index contributed by atoms with van der Waals surface area (Å²) < 4.78 is 0.954. The molecule has 2 aliphatic heterocycles. The van der Waals surface area contributed by atoms with Crippen molar-refractivity contribution >= 4 is 33.4 Å². The molecule has 24 heavy (non-hydrogen) atoms. The van der Waals surface area contributed by atoms with Crippen LogP contribution in [0, 0.1) is 5.92 Å². The number of nitrogens with one attached hydrogen (secondary N) is 2. The number of rotatable bonds is 4. The minimum absolute atomic E-state index is 0.00997. The minimum atomic E-state index is -0.606. The third-order valence-corrected chi connectivity index (χ3v) is 5.61. The van der Waals surface area contributed by atoms with Crippen molar-refractivity contribution in [3.63, 3.8) is 0 Å². The summed E-state index contributed by atoms with van der Waals surface area (Å²) >= 11 is 3.49. The summed E-state index contributed by atoms with van der Waals surface area (Å²) in [5.41, 5.74) is 1.26. The molecule has 3 rings (SSSR count). The van der Waals surface area contributed by atoms with Crippen LogP contribution in [0.15, 0.2) is 22.7 Å². The predicted molar refractivity (Wildman–Crippen MR) is 97.9 cm³/mol. The van der Waals surface area contributed by atoms with Gasteiger partial charge in [0.1, 0.15) is 0 Å². The van der Waals surface area contributed by atoms with Gasteiger partial charge in [0.2, 0.25) is 11.8 Å². The SMILES string of the molecule is CN[C@@H](CC(C)C)C(=O)N1CC[C@@]2(C1)C(=O)Nc1ccc(Br)cc12. The van der Waals surface area contributed by atoms with E-state index in [4.69, 9.17) is 0 Å². The Morgan fingerprint density at radius 3 is 2.88 bits per heavy atom. The quantitative estimate of drug-likeness (QED) is 0.825. The number of carbonyl (C=O) groups is 2. The van der Waals surface area contributed by atoms with Gasteiger partial charge in [-0.25, -0.2) is 0 Å². The first kappa shape index (κ1) is 17.4. The van der Waals surface area contributed by atoms with Gasteiger partial charge in [-0.3, -0.25) is 9.59 Å². The molecule has 1 aromatic rings. The molecule has 1 saturated heterocycles. The molecule has 0 unspecified atom stereocenters. The lowest BCUT2D eigenvalue weighted by Crippen LogP contribution is -2.47. The second-order valence-corrected chi connectivity index (χ2v) is 8.12. The van der Waals surface area contributed by atoms with E-state index in [2.05, 4.69) is 40.4 Å². The van der Waals surface area contributed by atoms with Gasteiger partial charge in [-0.05, 0) is 49.6 Å². The molecule has 0 radical (unpaired) electrons. The average molecular weight is 394 g/mol. The molecule has 0 aliphatic carbocycles. The van der Waals surface area contributed by atoms with Crippen molar-refractivity contribution in [2.45, 2.75) is 38.1 Å². The second-order valence-electron chi connectivity index (χ2n) is 7.21. The molecule has 2 aliphatic rings. The lowest BCUT2D eigenvalue weighted by molar-refractivity contribution is -0.133. The van der Waals surface area contributed by atoms with Gasteiger partial charge in [0, 0.05) is 23.2 Å². The largest absolute Gasteiger partial charge is 0.340 e. The standard InChI is InChI=1S/C18H24BrN3O2/c1-11(2)8-15(20-3)16(23)22-7-6-18(10-22)13-9-12(19)4-5-14(13)21-17(18)24/h4-5,9,11,15,20H,6-8,10H2,1-3H3,(H,21,24)/t15-,18-/m0/s1. The number of benzene rings is 1. The Kier molecular flexibility index (Phi) is 4.71. The molecule has 0 aromatic heterocycles. The van der Waals surface area contributed by atoms with Gasteiger partial charge in [-0.1, -0.05) is 29.8 Å². The molecular formula is C18H24BrN3O2. The topological polar surface area (TPSA) is 61.4 Å². The molecule has 6 heteroatoms. The van der Waals surface area contributed by atoms with E-state index >= 15 is 0 Å². The summed E-state index contributed by atoms with van der Waals surface area (Å²) in [5.74, 6) is 0.546. The second kappa shape index (κ2) is 6.48. The van der Waals surface area contributed by atoms with Gasteiger partial charge < -0.3 is 15.5 Å². The van der Waals surface area contributed by atoms with E-state index in [-0.39, 0.29) is 17.9 Å². The van der Waals surface area contributed by atoms with Gasteiger partial charge in [0.25, 0.3) is 0 Å². The molecule has 130 valence electrons. The number of fused-ring (bicyclic) bond motifs is 2. The molecule has 1 spiro atoms. The van der Waals surface area contributed by atoms with Crippen molar-refractivity contribution in [3.8, 4) is 0 Å². The van der Waals surface area contributed by atoms with E-state index < -0.39 is 5.41 Å². The highest BCUT2D eigenvalue weighted by Gasteiger charge is 2.52. The number of anilines is 1. The Balaban J connectivity index is 1.84. The van der Waals surface area contributed by atoms with E-state index in [9.17, 15) is 9.59 Å². The van der Waals surface area contributed by atoms with Crippen LogP contribution in [0.2, 0.25) is 0 Å². The molecule has 2 N–H and O–H groups in total. The van der Waals surface area contributed by atoms with Crippen molar-refractivity contribution in [3.05, 3.63) is 28.2 Å². The monoisotopic (exact) mass is 393 g/mol. The van der Waals surface area contributed by atoms with Gasteiger partial charge in [-0.2, -0.15) is 0 Å². The molecule has 0 saturated carbocycles. The molecule has 2 atom stereocenters. The van der Waals surface area contributed by atoms with Crippen molar-refractivity contribution < 1.29 is 9.59 Å².